The Labute approximate surface area is 161 Å². The van der Waals surface area contributed by atoms with Crippen LogP contribution in [0.5, 0.6) is 5.75 Å². The second-order valence-electron chi connectivity index (χ2n) is 5.72. The summed E-state index contributed by atoms with van der Waals surface area (Å²) in [5.41, 5.74) is 1.92. The van der Waals surface area contributed by atoms with Crippen molar-refractivity contribution in [3.63, 3.8) is 0 Å². The number of fused-ring (bicyclic) bond motifs is 1. The van der Waals surface area contributed by atoms with Gasteiger partial charge in [-0.2, -0.15) is 5.26 Å². The van der Waals surface area contributed by atoms with Crippen molar-refractivity contribution < 1.29 is 5.11 Å². The van der Waals surface area contributed by atoms with E-state index in [0.29, 0.717) is 16.8 Å². The first-order chi connectivity index (χ1) is 12.6. The molecule has 0 bridgehead atoms. The van der Waals surface area contributed by atoms with E-state index in [9.17, 15) is 15.2 Å². The monoisotopic (exact) mass is 422 g/mol. The Morgan fingerprint density at radius 3 is 2.69 bits per heavy atom. The summed E-state index contributed by atoms with van der Waals surface area (Å²) in [5, 5.41) is 22.6. The average Bonchev–Trinajstić information content (AvgIpc) is 3.07. The van der Waals surface area contributed by atoms with Crippen LogP contribution in [0, 0.1) is 11.3 Å². The highest BCUT2D eigenvalue weighted by atomic mass is 79.9. The van der Waals surface area contributed by atoms with Gasteiger partial charge in [0.05, 0.1) is 5.69 Å². The third-order valence-corrected chi connectivity index (χ3v) is 5.62. The zero-order valence-corrected chi connectivity index (χ0v) is 15.7. The van der Waals surface area contributed by atoms with Gasteiger partial charge in [0.25, 0.3) is 5.56 Å². The summed E-state index contributed by atoms with van der Waals surface area (Å²) < 4.78 is 1.86. The van der Waals surface area contributed by atoms with Crippen LogP contribution >= 0.6 is 27.3 Å². The van der Waals surface area contributed by atoms with E-state index >= 15 is 0 Å². The van der Waals surface area contributed by atoms with Crippen LogP contribution in [0.2, 0.25) is 0 Å². The second-order valence-corrected chi connectivity index (χ2v) is 7.55. The Morgan fingerprint density at radius 2 is 1.88 bits per heavy atom. The van der Waals surface area contributed by atoms with Crippen molar-refractivity contribution in [2.24, 2.45) is 0 Å². The minimum atomic E-state index is -0.477. The fourth-order valence-electron chi connectivity index (χ4n) is 2.94. The summed E-state index contributed by atoms with van der Waals surface area (Å²) in [7, 11) is 0. The van der Waals surface area contributed by atoms with Gasteiger partial charge < -0.3 is 10.1 Å². The number of nitrogens with one attached hydrogen (secondary N) is 1. The normalized spacial score (nSPS) is 10.8. The number of aromatic nitrogens is 1. The zero-order valence-electron chi connectivity index (χ0n) is 13.3. The highest BCUT2D eigenvalue weighted by Crippen LogP contribution is 2.37. The van der Waals surface area contributed by atoms with E-state index in [-0.39, 0.29) is 11.3 Å². The van der Waals surface area contributed by atoms with E-state index in [1.54, 1.807) is 35.6 Å². The topological polar surface area (TPSA) is 76.9 Å². The van der Waals surface area contributed by atoms with E-state index in [2.05, 4.69) is 20.9 Å². The van der Waals surface area contributed by atoms with E-state index in [1.807, 2.05) is 35.7 Å². The Bertz CT molecular complexity index is 1250. The van der Waals surface area contributed by atoms with Gasteiger partial charge in [-0.25, -0.2) is 0 Å². The number of benzene rings is 2. The van der Waals surface area contributed by atoms with Crippen molar-refractivity contribution in [3.8, 4) is 34.2 Å². The predicted molar refractivity (Wildman–Crippen MR) is 107 cm³/mol. The maximum absolute atomic E-state index is 12.5. The van der Waals surface area contributed by atoms with Gasteiger partial charge in [0.2, 0.25) is 0 Å². The Morgan fingerprint density at radius 1 is 1.08 bits per heavy atom. The molecule has 4 nitrogen and oxygen atoms in total. The fraction of sp³-hybridized carbons (Fsp3) is 0. The van der Waals surface area contributed by atoms with Crippen LogP contribution in [-0.2, 0) is 0 Å². The summed E-state index contributed by atoms with van der Waals surface area (Å²) in [5.74, 6) is 0.0506. The van der Waals surface area contributed by atoms with Gasteiger partial charge in [-0.05, 0) is 35.7 Å². The maximum Gasteiger partial charge on any atom is 0.266 e. The maximum atomic E-state index is 12.5. The fourth-order valence-corrected chi connectivity index (χ4v) is 4.26. The number of H-pyrrole nitrogens is 1. The van der Waals surface area contributed by atoms with Gasteiger partial charge in [0.1, 0.15) is 17.4 Å². The standard InChI is InChI=1S/C20H11BrN2O2S/c21-11-5-6-18(24)14(7-11)17-8-13(15(9-22)20(25)23-17)16-10-26-19-4-2-1-3-12(16)19/h1-8,10,24H,(H,23,25). The van der Waals surface area contributed by atoms with Crippen LogP contribution in [0.25, 0.3) is 32.5 Å². The molecule has 0 aliphatic heterocycles. The van der Waals surface area contributed by atoms with Gasteiger partial charge in [0.15, 0.2) is 0 Å². The number of rotatable bonds is 2. The number of thiophene rings is 1. The van der Waals surface area contributed by atoms with E-state index in [0.717, 1.165) is 20.1 Å². The number of phenols is 1. The zero-order chi connectivity index (χ0) is 18.3. The number of phenolic OH excluding ortho intramolecular Hbond substituents is 1. The third-order valence-electron chi connectivity index (χ3n) is 4.16. The van der Waals surface area contributed by atoms with Crippen LogP contribution in [0.1, 0.15) is 5.56 Å². The molecule has 126 valence electrons. The first-order valence-corrected chi connectivity index (χ1v) is 9.38. The molecule has 0 spiro atoms. The molecule has 0 saturated carbocycles. The van der Waals surface area contributed by atoms with E-state index < -0.39 is 5.56 Å². The number of aromatic hydroxyl groups is 1. The number of pyridine rings is 1. The smallest absolute Gasteiger partial charge is 0.266 e. The number of nitriles is 1. The Kier molecular flexibility index (Phi) is 4.11. The molecule has 0 fully saturated rings. The SMILES string of the molecule is N#Cc1c(-c2csc3ccccc23)cc(-c2cc(Br)ccc2O)[nH]c1=O. The van der Waals surface area contributed by atoms with Crippen molar-refractivity contribution in [3.05, 3.63) is 74.3 Å². The predicted octanol–water partition coefficient (Wildman–Crippen LogP) is 5.26. The molecule has 6 heteroatoms. The van der Waals surface area contributed by atoms with Crippen LogP contribution < -0.4 is 5.56 Å². The minimum absolute atomic E-state index is 0.0506. The van der Waals surface area contributed by atoms with Gasteiger partial charge >= 0.3 is 0 Å². The molecule has 2 aromatic heterocycles. The molecular formula is C20H11BrN2O2S. The van der Waals surface area contributed by atoms with Crippen LogP contribution in [0.3, 0.4) is 0 Å². The molecule has 0 saturated heterocycles. The lowest BCUT2D eigenvalue weighted by atomic mass is 9.98. The van der Waals surface area contributed by atoms with Gasteiger partial charge in [0, 0.05) is 31.2 Å². The Hall–Kier alpha value is -2.88. The highest BCUT2D eigenvalue weighted by molar-refractivity contribution is 9.10. The van der Waals surface area contributed by atoms with Crippen molar-refractivity contribution in [1.29, 1.82) is 5.26 Å². The molecule has 2 heterocycles. The molecule has 0 amide bonds. The van der Waals surface area contributed by atoms with E-state index in [4.69, 9.17) is 0 Å². The molecule has 0 aliphatic carbocycles. The molecule has 0 atom stereocenters. The summed E-state index contributed by atoms with van der Waals surface area (Å²) in [6, 6.07) is 16.6. The lowest BCUT2D eigenvalue weighted by molar-refractivity contribution is 0.477. The third kappa shape index (κ3) is 2.71. The number of nitrogens with zero attached hydrogens (tertiary/aromatic N) is 1. The molecule has 4 rings (SSSR count). The molecule has 2 N–H and O–H groups in total. The number of hydrogen-bond acceptors (Lipinski definition) is 4. The van der Waals surface area contributed by atoms with Gasteiger partial charge in [-0.3, -0.25) is 4.79 Å². The molecule has 0 aliphatic rings. The molecular weight excluding hydrogens is 412 g/mol. The summed E-state index contributed by atoms with van der Waals surface area (Å²) in [4.78, 5) is 15.2. The first kappa shape index (κ1) is 16.6. The summed E-state index contributed by atoms with van der Waals surface area (Å²) in [6.07, 6.45) is 0. The number of hydrogen-bond donors (Lipinski definition) is 2. The largest absolute Gasteiger partial charge is 0.507 e. The molecule has 2 aromatic carbocycles. The molecule has 0 unspecified atom stereocenters. The summed E-state index contributed by atoms with van der Waals surface area (Å²) in [6.45, 7) is 0. The van der Waals surface area contributed by atoms with Gasteiger partial charge in [-0.15, -0.1) is 11.3 Å². The van der Waals surface area contributed by atoms with Crippen molar-refractivity contribution in [2.75, 3.05) is 0 Å². The quantitative estimate of drug-likeness (QED) is 0.462. The lowest BCUT2D eigenvalue weighted by Gasteiger charge is -2.09. The second kappa shape index (κ2) is 6.45. The first-order valence-electron chi connectivity index (χ1n) is 7.71. The van der Waals surface area contributed by atoms with E-state index in [1.165, 1.54) is 0 Å². The molecule has 0 radical (unpaired) electrons. The van der Waals surface area contributed by atoms with Crippen molar-refractivity contribution in [2.45, 2.75) is 0 Å². The van der Waals surface area contributed by atoms with Crippen LogP contribution in [0.15, 0.2) is 63.2 Å². The Balaban J connectivity index is 2.04. The van der Waals surface area contributed by atoms with Gasteiger partial charge in [-0.1, -0.05) is 34.1 Å². The average molecular weight is 423 g/mol. The number of halogens is 1. The molecule has 4 aromatic rings. The number of aromatic amines is 1. The van der Waals surface area contributed by atoms with Crippen molar-refractivity contribution in [1.82, 2.24) is 4.98 Å². The van der Waals surface area contributed by atoms with Crippen molar-refractivity contribution >= 4 is 37.4 Å². The van der Waals surface area contributed by atoms with Crippen LogP contribution in [-0.4, -0.2) is 10.1 Å². The highest BCUT2D eigenvalue weighted by Gasteiger charge is 2.17. The molecule has 26 heavy (non-hydrogen) atoms. The van der Waals surface area contributed by atoms with Crippen LogP contribution in [0.4, 0.5) is 0 Å². The minimum Gasteiger partial charge on any atom is -0.507 e. The lowest BCUT2D eigenvalue weighted by Crippen LogP contribution is -2.12. The summed E-state index contributed by atoms with van der Waals surface area (Å²) >= 11 is 4.94.